The third-order valence-electron chi connectivity index (χ3n) is 5.76. The zero-order chi connectivity index (χ0) is 20.5. The Morgan fingerprint density at radius 2 is 1.79 bits per heavy atom. The fourth-order valence-corrected chi connectivity index (χ4v) is 6.09. The summed E-state index contributed by atoms with van der Waals surface area (Å²) in [6.07, 6.45) is 1.30. The lowest BCUT2D eigenvalue weighted by Crippen LogP contribution is -2.49. The molecule has 1 aromatic carbocycles. The quantitative estimate of drug-likeness (QED) is 0.756. The van der Waals surface area contributed by atoms with Crippen molar-refractivity contribution in [2.24, 2.45) is 11.8 Å². The smallest absolute Gasteiger partial charge is 0.246 e. The molecule has 1 aliphatic heterocycles. The van der Waals surface area contributed by atoms with E-state index in [1.54, 1.807) is 19.2 Å². The van der Waals surface area contributed by atoms with Gasteiger partial charge in [0.25, 0.3) is 0 Å². The number of rotatable bonds is 6. The minimum absolute atomic E-state index is 0.0993. The van der Waals surface area contributed by atoms with Crippen LogP contribution >= 0.6 is 0 Å². The number of fused-ring (bicyclic) bond motifs is 1. The first-order valence-corrected chi connectivity index (χ1v) is 10.8. The Hall–Kier alpha value is -1.84. The van der Waals surface area contributed by atoms with Crippen LogP contribution in [0.4, 0.5) is 0 Å². The third-order valence-corrected chi connectivity index (χ3v) is 7.62. The van der Waals surface area contributed by atoms with Crippen LogP contribution < -0.4 is 14.8 Å². The minimum Gasteiger partial charge on any atom is -0.497 e. The largest absolute Gasteiger partial charge is 0.497 e. The van der Waals surface area contributed by atoms with E-state index < -0.39 is 10.0 Å². The SMILES string of the molecule is COc1ccc(OC)c(S(=O)(=O)N2C[C@H]3C[C@@H](NC(C)=O)[C@H](OC)C[C@H]3C2)c1. The van der Waals surface area contributed by atoms with Gasteiger partial charge in [-0.1, -0.05) is 0 Å². The van der Waals surface area contributed by atoms with Crippen LogP contribution in [0.1, 0.15) is 19.8 Å². The molecule has 1 N–H and O–H groups in total. The lowest BCUT2D eigenvalue weighted by Gasteiger charge is -2.37. The molecule has 0 bridgehead atoms. The van der Waals surface area contributed by atoms with Crippen molar-refractivity contribution in [1.29, 1.82) is 0 Å². The van der Waals surface area contributed by atoms with Crippen molar-refractivity contribution in [3.05, 3.63) is 18.2 Å². The average Bonchev–Trinajstić information content (AvgIpc) is 3.10. The maximum absolute atomic E-state index is 13.3. The third kappa shape index (κ3) is 3.97. The van der Waals surface area contributed by atoms with Crippen molar-refractivity contribution in [3.8, 4) is 11.5 Å². The highest BCUT2D eigenvalue weighted by atomic mass is 32.2. The number of benzene rings is 1. The van der Waals surface area contributed by atoms with Gasteiger partial charge in [0.1, 0.15) is 16.4 Å². The molecule has 0 spiro atoms. The van der Waals surface area contributed by atoms with Crippen LogP contribution in [0.2, 0.25) is 0 Å². The van der Waals surface area contributed by atoms with E-state index in [1.807, 2.05) is 0 Å². The van der Waals surface area contributed by atoms with Gasteiger partial charge in [0, 0.05) is 33.2 Å². The molecule has 2 aliphatic rings. The van der Waals surface area contributed by atoms with Crippen LogP contribution in [0.3, 0.4) is 0 Å². The molecule has 3 rings (SSSR count). The van der Waals surface area contributed by atoms with Crippen LogP contribution in [0, 0.1) is 11.8 Å². The number of hydrogen-bond donors (Lipinski definition) is 1. The van der Waals surface area contributed by atoms with Crippen molar-refractivity contribution < 1.29 is 27.4 Å². The second-order valence-corrected chi connectivity index (χ2v) is 9.32. The molecule has 0 radical (unpaired) electrons. The summed E-state index contributed by atoms with van der Waals surface area (Å²) in [4.78, 5) is 11.6. The lowest BCUT2D eigenvalue weighted by atomic mass is 9.77. The van der Waals surface area contributed by atoms with Crippen molar-refractivity contribution in [3.63, 3.8) is 0 Å². The topological polar surface area (TPSA) is 94.2 Å². The van der Waals surface area contributed by atoms with Gasteiger partial charge in [0.05, 0.1) is 26.4 Å². The van der Waals surface area contributed by atoms with E-state index in [2.05, 4.69) is 5.32 Å². The van der Waals surface area contributed by atoms with Crippen LogP contribution in [0.15, 0.2) is 23.1 Å². The minimum atomic E-state index is -3.74. The molecule has 4 atom stereocenters. The predicted octanol–water partition coefficient (Wildman–Crippen LogP) is 1.25. The van der Waals surface area contributed by atoms with E-state index in [1.165, 1.54) is 31.5 Å². The number of carbonyl (C=O) groups is 1. The molecule has 28 heavy (non-hydrogen) atoms. The second kappa shape index (κ2) is 8.26. The van der Waals surface area contributed by atoms with Crippen LogP contribution in [-0.2, 0) is 19.6 Å². The number of methoxy groups -OCH3 is 3. The van der Waals surface area contributed by atoms with E-state index in [4.69, 9.17) is 14.2 Å². The summed E-state index contributed by atoms with van der Waals surface area (Å²) in [5, 5.41) is 2.95. The van der Waals surface area contributed by atoms with Crippen molar-refractivity contribution >= 4 is 15.9 Å². The van der Waals surface area contributed by atoms with Gasteiger partial charge in [0.2, 0.25) is 15.9 Å². The monoisotopic (exact) mass is 412 g/mol. The van der Waals surface area contributed by atoms with E-state index in [0.717, 1.165) is 0 Å². The molecular formula is C19H28N2O6S. The molecule has 0 aromatic heterocycles. The average molecular weight is 413 g/mol. The van der Waals surface area contributed by atoms with Crippen molar-refractivity contribution in [1.82, 2.24) is 9.62 Å². The standard InChI is InChI=1S/C19H28N2O6S/c1-12(22)20-16-7-13-10-21(11-14(13)8-18(16)27-4)28(23,24)19-9-15(25-2)5-6-17(19)26-3/h5-6,9,13-14,16,18H,7-8,10-11H2,1-4H3,(H,20,22)/t13-,14+,16-,18-/m1/s1. The summed E-state index contributed by atoms with van der Waals surface area (Å²) in [6, 6.07) is 4.66. The molecule has 1 saturated heterocycles. The fraction of sp³-hybridized carbons (Fsp3) is 0.632. The molecular weight excluding hydrogens is 384 g/mol. The Kier molecular flexibility index (Phi) is 6.16. The van der Waals surface area contributed by atoms with Crippen molar-refractivity contribution in [2.75, 3.05) is 34.4 Å². The van der Waals surface area contributed by atoms with E-state index in [0.29, 0.717) is 37.4 Å². The molecule has 1 heterocycles. The van der Waals surface area contributed by atoms with Crippen LogP contribution in [0.5, 0.6) is 11.5 Å². The van der Waals surface area contributed by atoms with E-state index >= 15 is 0 Å². The highest BCUT2D eigenvalue weighted by Crippen LogP contribution is 2.41. The molecule has 156 valence electrons. The van der Waals surface area contributed by atoms with Gasteiger partial charge in [-0.25, -0.2) is 8.42 Å². The maximum Gasteiger partial charge on any atom is 0.246 e. The Bertz CT molecular complexity index is 828. The Balaban J connectivity index is 1.84. The Morgan fingerprint density at radius 1 is 1.11 bits per heavy atom. The molecule has 0 unspecified atom stereocenters. The van der Waals surface area contributed by atoms with Gasteiger partial charge in [0.15, 0.2) is 0 Å². The normalized spacial score (nSPS) is 27.9. The second-order valence-electron chi connectivity index (χ2n) is 7.41. The number of hydrogen-bond acceptors (Lipinski definition) is 6. The summed E-state index contributed by atoms with van der Waals surface area (Å²) >= 11 is 0. The van der Waals surface area contributed by atoms with Crippen molar-refractivity contribution in [2.45, 2.75) is 36.8 Å². The van der Waals surface area contributed by atoms with Crippen LogP contribution in [0.25, 0.3) is 0 Å². The summed E-state index contributed by atoms with van der Waals surface area (Å²) in [7, 11) is 0.838. The number of ether oxygens (including phenoxy) is 3. The highest BCUT2D eigenvalue weighted by Gasteiger charge is 2.46. The molecule has 2 fully saturated rings. The lowest BCUT2D eigenvalue weighted by molar-refractivity contribution is -0.121. The number of amides is 1. The highest BCUT2D eigenvalue weighted by molar-refractivity contribution is 7.89. The Morgan fingerprint density at radius 3 is 2.36 bits per heavy atom. The zero-order valence-corrected chi connectivity index (χ0v) is 17.5. The summed E-state index contributed by atoms with van der Waals surface area (Å²) in [5.74, 6) is 1.02. The molecule has 1 amide bonds. The first kappa shape index (κ1) is 20.9. The van der Waals surface area contributed by atoms with Gasteiger partial charge < -0.3 is 19.5 Å². The fourth-order valence-electron chi connectivity index (χ4n) is 4.36. The number of carbonyl (C=O) groups excluding carboxylic acids is 1. The van der Waals surface area contributed by atoms with Crippen LogP contribution in [-0.4, -0.2) is 65.2 Å². The molecule has 1 aromatic rings. The predicted molar refractivity (Wildman–Crippen MR) is 103 cm³/mol. The first-order valence-electron chi connectivity index (χ1n) is 9.32. The number of nitrogens with one attached hydrogen (secondary N) is 1. The van der Waals surface area contributed by atoms with Gasteiger partial charge in [-0.15, -0.1) is 0 Å². The molecule has 1 saturated carbocycles. The molecule has 1 aliphatic carbocycles. The first-order chi connectivity index (χ1) is 13.3. The summed E-state index contributed by atoms with van der Waals surface area (Å²) in [6.45, 7) is 2.33. The number of nitrogens with zero attached hydrogens (tertiary/aromatic N) is 1. The summed E-state index contributed by atoms with van der Waals surface area (Å²) in [5.41, 5.74) is 0. The van der Waals surface area contributed by atoms with E-state index in [-0.39, 0.29) is 34.8 Å². The van der Waals surface area contributed by atoms with Gasteiger partial charge in [-0.3, -0.25) is 4.79 Å². The molecule has 8 nitrogen and oxygen atoms in total. The van der Waals surface area contributed by atoms with Gasteiger partial charge >= 0.3 is 0 Å². The van der Waals surface area contributed by atoms with Gasteiger partial charge in [-0.05, 0) is 36.8 Å². The maximum atomic E-state index is 13.3. The van der Waals surface area contributed by atoms with E-state index in [9.17, 15) is 13.2 Å². The molecule has 9 heteroatoms. The number of sulfonamides is 1. The zero-order valence-electron chi connectivity index (χ0n) is 16.7. The Labute approximate surface area is 166 Å². The summed E-state index contributed by atoms with van der Waals surface area (Å²) < 4.78 is 44.2. The van der Waals surface area contributed by atoms with Gasteiger partial charge in [-0.2, -0.15) is 4.31 Å².